The van der Waals surface area contributed by atoms with Crippen molar-refractivity contribution in [1.82, 2.24) is 15.0 Å². The number of hydrogen-bond donors (Lipinski definition) is 3. The molecule has 136 valence electrons. The summed E-state index contributed by atoms with van der Waals surface area (Å²) < 4.78 is 16.0. The number of benzene rings is 1. The van der Waals surface area contributed by atoms with Crippen LogP contribution in [0.3, 0.4) is 0 Å². The first-order valence-corrected chi connectivity index (χ1v) is 8.01. The summed E-state index contributed by atoms with van der Waals surface area (Å²) in [6.45, 7) is 1.54. The van der Waals surface area contributed by atoms with Crippen LogP contribution >= 0.6 is 0 Å². The Balaban J connectivity index is 2.07. The zero-order valence-corrected chi connectivity index (χ0v) is 14.4. The highest BCUT2D eigenvalue weighted by Gasteiger charge is 2.22. The molecule has 1 aromatic carbocycles. The first kappa shape index (κ1) is 17.8. The molecule has 26 heavy (non-hydrogen) atoms. The number of nitrogens with one attached hydrogen (secondary N) is 2. The summed E-state index contributed by atoms with van der Waals surface area (Å²) >= 11 is 0. The molecule has 3 rings (SSSR count). The van der Waals surface area contributed by atoms with Crippen molar-refractivity contribution in [2.45, 2.75) is 6.92 Å². The molecule has 2 aromatic heterocycles. The molecule has 0 saturated heterocycles. The van der Waals surface area contributed by atoms with Gasteiger partial charge in [-0.15, -0.1) is 0 Å². The monoisotopic (exact) mass is 358 g/mol. The molecule has 0 bridgehead atoms. The summed E-state index contributed by atoms with van der Waals surface area (Å²) in [4.78, 5) is 21.6. The Kier molecular flexibility index (Phi) is 5.15. The Hall–Kier alpha value is -2.97. The van der Waals surface area contributed by atoms with Crippen LogP contribution in [-0.2, 0) is 11.9 Å². The van der Waals surface area contributed by atoms with Crippen LogP contribution in [0.4, 0.5) is 15.8 Å². The molecule has 0 fully saturated rings. The van der Waals surface area contributed by atoms with E-state index in [4.69, 9.17) is 9.94 Å². The average molecular weight is 358 g/mol. The largest absolute Gasteiger partial charge is 0.394 e. The number of hydrogen-bond acceptors (Lipinski definition) is 5. The van der Waals surface area contributed by atoms with Gasteiger partial charge in [0.05, 0.1) is 30.1 Å². The number of pyridine rings is 1. The Morgan fingerprint density at radius 1 is 1.38 bits per heavy atom. The molecule has 3 aromatic rings. The van der Waals surface area contributed by atoms with Gasteiger partial charge in [0.25, 0.3) is 5.91 Å². The predicted octanol–water partition coefficient (Wildman–Crippen LogP) is 2.42. The highest BCUT2D eigenvalue weighted by Crippen LogP contribution is 2.33. The fraction of sp³-hybridized carbons (Fsp3) is 0.222. The quantitative estimate of drug-likeness (QED) is 0.465. The van der Waals surface area contributed by atoms with E-state index in [1.54, 1.807) is 49.1 Å². The van der Waals surface area contributed by atoms with Gasteiger partial charge in [-0.25, -0.2) is 9.87 Å². The van der Waals surface area contributed by atoms with Crippen molar-refractivity contribution in [3.63, 3.8) is 0 Å². The lowest BCUT2D eigenvalue weighted by Gasteiger charge is -2.11. The van der Waals surface area contributed by atoms with Gasteiger partial charge in [0.2, 0.25) is 0 Å². The molecule has 0 aliphatic rings. The van der Waals surface area contributed by atoms with Crippen LogP contribution < -0.4 is 10.8 Å². The van der Waals surface area contributed by atoms with E-state index in [0.717, 1.165) is 11.1 Å². The molecule has 0 saturated carbocycles. The molecule has 0 aliphatic heterocycles. The zero-order chi connectivity index (χ0) is 18.7. The van der Waals surface area contributed by atoms with E-state index in [9.17, 15) is 9.18 Å². The number of carbonyl (C=O) groups is 1. The number of hydroxylamine groups is 1. The molecule has 2 heterocycles. The van der Waals surface area contributed by atoms with Crippen molar-refractivity contribution in [1.29, 1.82) is 0 Å². The topological polar surface area (TPSA) is 88.4 Å². The van der Waals surface area contributed by atoms with E-state index in [1.165, 1.54) is 6.07 Å². The molecule has 7 nitrogen and oxygen atoms in total. The van der Waals surface area contributed by atoms with Gasteiger partial charge in [-0.3, -0.25) is 14.6 Å². The first-order chi connectivity index (χ1) is 12.5. The normalized spacial score (nSPS) is 10.9. The molecule has 1 amide bonds. The molecule has 0 unspecified atom stereocenters. The number of aliphatic hydroxyl groups is 1. The van der Waals surface area contributed by atoms with Gasteiger partial charge in [0, 0.05) is 24.8 Å². The van der Waals surface area contributed by atoms with Gasteiger partial charge in [-0.1, -0.05) is 6.07 Å². The number of aromatic nitrogens is 2. The number of anilines is 2. The number of rotatable bonds is 6. The van der Waals surface area contributed by atoms with E-state index in [-0.39, 0.29) is 24.6 Å². The number of amides is 1. The highest BCUT2D eigenvalue weighted by atomic mass is 19.1. The Bertz CT molecular complexity index is 955. The third-order valence-electron chi connectivity index (χ3n) is 3.96. The maximum absolute atomic E-state index is 14.3. The maximum atomic E-state index is 14.3. The van der Waals surface area contributed by atoms with E-state index < -0.39 is 11.7 Å². The third-order valence-corrected chi connectivity index (χ3v) is 3.96. The lowest BCUT2D eigenvalue weighted by molar-refractivity contribution is 0.0163. The zero-order valence-electron chi connectivity index (χ0n) is 14.4. The highest BCUT2D eigenvalue weighted by molar-refractivity contribution is 6.09. The first-order valence-electron chi connectivity index (χ1n) is 8.01. The van der Waals surface area contributed by atoms with E-state index >= 15 is 0 Å². The fourth-order valence-electron chi connectivity index (χ4n) is 2.75. The van der Waals surface area contributed by atoms with E-state index in [2.05, 4.69) is 15.8 Å². The predicted molar refractivity (Wildman–Crippen MR) is 95.6 cm³/mol. The van der Waals surface area contributed by atoms with Crippen LogP contribution in [0.15, 0.2) is 36.7 Å². The molecular formula is C18H19FN4O3. The fourth-order valence-corrected chi connectivity index (χ4v) is 2.75. The van der Waals surface area contributed by atoms with E-state index in [0.29, 0.717) is 11.1 Å². The second-order valence-electron chi connectivity index (χ2n) is 5.79. The van der Waals surface area contributed by atoms with Crippen molar-refractivity contribution >= 4 is 28.2 Å². The summed E-state index contributed by atoms with van der Waals surface area (Å²) in [5, 5.41) is 12.4. The van der Waals surface area contributed by atoms with Crippen molar-refractivity contribution in [3.8, 4) is 0 Å². The van der Waals surface area contributed by atoms with Gasteiger partial charge in [-0.05, 0) is 30.7 Å². The van der Waals surface area contributed by atoms with Crippen LogP contribution in [0.5, 0.6) is 0 Å². The van der Waals surface area contributed by atoms with Gasteiger partial charge in [0.15, 0.2) is 0 Å². The number of fused-ring (bicyclic) bond motifs is 1. The van der Waals surface area contributed by atoms with Crippen LogP contribution in [0, 0.1) is 12.7 Å². The van der Waals surface area contributed by atoms with Gasteiger partial charge < -0.3 is 15.0 Å². The summed E-state index contributed by atoms with van der Waals surface area (Å²) in [5.41, 5.74) is 4.75. The van der Waals surface area contributed by atoms with Crippen molar-refractivity contribution in [3.05, 3.63) is 53.7 Å². The number of halogens is 1. The van der Waals surface area contributed by atoms with Gasteiger partial charge >= 0.3 is 0 Å². The molecule has 0 atom stereocenters. The standard InChI is InChI=1S/C18H19FN4O3/c1-11-3-4-14(13(19)9-11)21-16-12-10-20-6-5-15(12)23(2)17(16)18(25)22-26-8-7-24/h3-6,9-10,21,24H,7-8H2,1-2H3,(H,22,25). The molecule has 8 heteroatoms. The summed E-state index contributed by atoms with van der Waals surface area (Å²) in [7, 11) is 1.72. The van der Waals surface area contributed by atoms with Crippen molar-refractivity contribution in [2.75, 3.05) is 18.5 Å². The average Bonchev–Trinajstić information content (AvgIpc) is 2.90. The van der Waals surface area contributed by atoms with Crippen LogP contribution in [0.1, 0.15) is 16.1 Å². The molecule has 0 spiro atoms. The maximum Gasteiger partial charge on any atom is 0.293 e. The van der Waals surface area contributed by atoms with E-state index in [1.807, 2.05) is 0 Å². The van der Waals surface area contributed by atoms with Crippen LogP contribution in [0.2, 0.25) is 0 Å². The van der Waals surface area contributed by atoms with Crippen LogP contribution in [-0.4, -0.2) is 33.8 Å². The van der Waals surface area contributed by atoms with Gasteiger partial charge in [-0.2, -0.15) is 0 Å². The minimum absolute atomic E-state index is 0.0351. The Morgan fingerprint density at radius 2 is 2.19 bits per heavy atom. The number of aliphatic hydroxyl groups excluding tert-OH is 1. The van der Waals surface area contributed by atoms with Crippen molar-refractivity contribution < 1.29 is 19.1 Å². The Morgan fingerprint density at radius 3 is 2.92 bits per heavy atom. The molecular weight excluding hydrogens is 339 g/mol. The second kappa shape index (κ2) is 7.51. The molecule has 3 N–H and O–H groups in total. The smallest absolute Gasteiger partial charge is 0.293 e. The SMILES string of the molecule is Cc1ccc(Nc2c(C(=O)NOCCO)n(C)c3ccncc23)c(F)c1. The minimum atomic E-state index is -0.521. The summed E-state index contributed by atoms with van der Waals surface area (Å²) in [6, 6.07) is 6.57. The lowest BCUT2D eigenvalue weighted by Crippen LogP contribution is -2.27. The number of nitrogens with zero attached hydrogens (tertiary/aromatic N) is 2. The third kappa shape index (κ3) is 3.37. The van der Waals surface area contributed by atoms with Crippen LogP contribution in [0.25, 0.3) is 10.9 Å². The molecule has 0 aliphatic carbocycles. The molecule has 0 radical (unpaired) electrons. The minimum Gasteiger partial charge on any atom is -0.394 e. The van der Waals surface area contributed by atoms with Crippen molar-refractivity contribution in [2.24, 2.45) is 7.05 Å². The second-order valence-corrected chi connectivity index (χ2v) is 5.79. The lowest BCUT2D eigenvalue weighted by atomic mass is 10.2. The number of carbonyl (C=O) groups excluding carboxylic acids is 1. The number of aryl methyl sites for hydroxylation is 2. The Labute approximate surface area is 149 Å². The summed E-state index contributed by atoms with van der Waals surface area (Å²) in [5.74, 6) is -0.944. The van der Waals surface area contributed by atoms with Gasteiger partial charge in [0.1, 0.15) is 11.5 Å². The summed E-state index contributed by atoms with van der Waals surface area (Å²) in [6.07, 6.45) is 3.22.